The molecule has 0 amide bonds. The van der Waals surface area contributed by atoms with Gasteiger partial charge in [-0.1, -0.05) is 101 Å². The zero-order valence-corrected chi connectivity index (χ0v) is 39.4. The lowest BCUT2D eigenvalue weighted by atomic mass is 9.93. The van der Waals surface area contributed by atoms with Gasteiger partial charge in [-0.15, -0.1) is 0 Å². The molecule has 1 N–H and O–H groups in total. The van der Waals surface area contributed by atoms with E-state index < -0.39 is 0 Å². The maximum atomic E-state index is 6.10. The lowest BCUT2D eigenvalue weighted by Gasteiger charge is -2.26. The maximum Gasteiger partial charge on any atom is 0.161 e. The van der Waals surface area contributed by atoms with Gasteiger partial charge in [0.15, 0.2) is 46.0 Å². The number of benzene rings is 6. The highest BCUT2D eigenvalue weighted by Crippen LogP contribution is 2.37. The first-order valence-corrected chi connectivity index (χ1v) is 22.2. The van der Waals surface area contributed by atoms with Crippen LogP contribution in [0.2, 0.25) is 0 Å². The van der Waals surface area contributed by atoms with E-state index in [4.69, 9.17) is 37.9 Å². The van der Waals surface area contributed by atoms with Gasteiger partial charge in [0.1, 0.15) is 13.2 Å². The van der Waals surface area contributed by atoms with Gasteiger partial charge < -0.3 is 43.2 Å². The van der Waals surface area contributed by atoms with Gasteiger partial charge in [0.25, 0.3) is 0 Å². The Bertz CT molecular complexity index is 2530. The number of halogens is 1. The summed E-state index contributed by atoms with van der Waals surface area (Å²) in [5.41, 5.74) is 9.26. The number of nitrogens with zero attached hydrogens (tertiary/aromatic N) is 1. The SMILES string of the molecule is COc1cc2c(cc1OCc1ccccc1)CCN=C2.COc1ccc(/C=C/Br)cc1OC.COc1ccc(/C=C/C2NCCc3cc(OCc4ccccc4)c(OC)cc32)cc1OC. The van der Waals surface area contributed by atoms with Gasteiger partial charge in [0.2, 0.25) is 0 Å². The third kappa shape index (κ3) is 13.4. The minimum atomic E-state index is 0.0870. The van der Waals surface area contributed by atoms with Gasteiger partial charge in [-0.3, -0.25) is 4.99 Å². The van der Waals surface area contributed by atoms with Crippen LogP contribution in [0.1, 0.15) is 50.5 Å². The summed E-state index contributed by atoms with van der Waals surface area (Å²) < 4.78 is 44.1. The Balaban J connectivity index is 0.000000180. The van der Waals surface area contributed by atoms with Crippen LogP contribution in [0.4, 0.5) is 0 Å². The molecule has 0 radical (unpaired) electrons. The molecule has 0 bridgehead atoms. The Hall–Kier alpha value is -6.69. The molecule has 65 heavy (non-hydrogen) atoms. The number of rotatable bonds is 15. The summed E-state index contributed by atoms with van der Waals surface area (Å²) in [7, 11) is 9.88. The molecule has 338 valence electrons. The predicted molar refractivity (Wildman–Crippen MR) is 264 cm³/mol. The number of hydrogen-bond acceptors (Lipinski definition) is 10. The van der Waals surface area contributed by atoms with Crippen LogP contribution in [-0.2, 0) is 26.1 Å². The molecule has 2 heterocycles. The lowest BCUT2D eigenvalue weighted by Crippen LogP contribution is -2.28. The van der Waals surface area contributed by atoms with Crippen molar-refractivity contribution in [1.82, 2.24) is 5.32 Å². The minimum absolute atomic E-state index is 0.0870. The van der Waals surface area contributed by atoms with Crippen LogP contribution < -0.4 is 43.2 Å². The summed E-state index contributed by atoms with van der Waals surface area (Å²) in [4.78, 5) is 6.10. The van der Waals surface area contributed by atoms with Gasteiger partial charge in [-0.05, 0) is 117 Å². The highest BCUT2D eigenvalue weighted by Gasteiger charge is 2.21. The number of fused-ring (bicyclic) bond motifs is 2. The first kappa shape index (κ1) is 47.8. The molecule has 0 saturated heterocycles. The Morgan fingerprint density at radius 3 is 1.58 bits per heavy atom. The maximum absolute atomic E-state index is 6.10. The smallest absolute Gasteiger partial charge is 0.161 e. The second kappa shape index (κ2) is 25.0. The zero-order chi connectivity index (χ0) is 45.8. The van der Waals surface area contributed by atoms with Gasteiger partial charge in [-0.25, -0.2) is 0 Å². The molecular weight excluding hydrogens is 885 g/mol. The Morgan fingerprint density at radius 2 is 1.05 bits per heavy atom. The number of nitrogens with one attached hydrogen (secondary N) is 1. The van der Waals surface area contributed by atoms with Crippen molar-refractivity contribution >= 4 is 34.3 Å². The molecule has 1 unspecified atom stereocenters. The van der Waals surface area contributed by atoms with E-state index in [1.165, 1.54) is 16.7 Å². The van der Waals surface area contributed by atoms with Crippen molar-refractivity contribution in [2.45, 2.75) is 32.1 Å². The fourth-order valence-corrected chi connectivity index (χ4v) is 7.58. The normalized spacial score (nSPS) is 13.6. The highest BCUT2D eigenvalue weighted by atomic mass is 79.9. The second-order valence-electron chi connectivity index (χ2n) is 14.8. The van der Waals surface area contributed by atoms with Crippen LogP contribution in [0, 0.1) is 0 Å². The fourth-order valence-electron chi connectivity index (χ4n) is 7.28. The first-order valence-electron chi connectivity index (χ1n) is 21.3. The largest absolute Gasteiger partial charge is 0.493 e. The fraction of sp³-hybridized carbons (Fsp3) is 0.241. The standard InChI is InChI=1S/C27H29NO4.C17H17NO2.C10H11BrO2/c1-29-24-12-10-19(15-25(24)30-2)9-11-23-22-17-26(31-3)27(16-21(22)13-14-28-23)32-18-20-7-5-4-6-8-20;1-19-16-10-15-11-18-8-7-14(15)9-17(16)20-12-13-5-3-2-4-6-13;1-12-9-4-3-8(5-6-11)7-10(9)13-2/h4-12,15-17,23,28H,13-14,18H2,1-3H3;2-6,9-11H,7-8,12H2,1H3;3-7H,1-2H3/b11-9+;;6-5+. The van der Waals surface area contributed by atoms with Crippen molar-refractivity contribution in [1.29, 1.82) is 0 Å². The Kier molecular flexibility index (Phi) is 18.4. The van der Waals surface area contributed by atoms with Gasteiger partial charge in [0, 0.05) is 19.3 Å². The molecule has 2 aliphatic heterocycles. The molecule has 1 atom stereocenters. The molecular formula is C54H57BrN2O8. The minimum Gasteiger partial charge on any atom is -0.493 e. The van der Waals surface area contributed by atoms with Crippen LogP contribution in [0.15, 0.2) is 137 Å². The van der Waals surface area contributed by atoms with Crippen LogP contribution >= 0.6 is 15.9 Å². The van der Waals surface area contributed by atoms with Gasteiger partial charge in [0.05, 0.1) is 48.7 Å². The quantitative estimate of drug-likeness (QED) is 0.108. The van der Waals surface area contributed by atoms with E-state index >= 15 is 0 Å². The lowest BCUT2D eigenvalue weighted by molar-refractivity contribution is 0.283. The van der Waals surface area contributed by atoms with E-state index in [1.54, 1.807) is 47.6 Å². The van der Waals surface area contributed by atoms with E-state index in [0.717, 1.165) is 94.0 Å². The summed E-state index contributed by atoms with van der Waals surface area (Å²) in [6.07, 6.45) is 10.0. The summed E-state index contributed by atoms with van der Waals surface area (Å²) >= 11 is 3.22. The summed E-state index contributed by atoms with van der Waals surface area (Å²) in [6.45, 7) is 2.80. The molecule has 2 aliphatic rings. The van der Waals surface area contributed by atoms with Crippen molar-refractivity contribution in [3.8, 4) is 46.0 Å². The van der Waals surface area contributed by atoms with Crippen molar-refractivity contribution in [2.24, 2.45) is 4.99 Å². The molecule has 6 aromatic carbocycles. The molecule has 10 nitrogen and oxygen atoms in total. The van der Waals surface area contributed by atoms with Crippen LogP contribution in [0.5, 0.6) is 46.0 Å². The van der Waals surface area contributed by atoms with E-state index in [1.807, 2.05) is 91.2 Å². The third-order valence-corrected chi connectivity index (χ3v) is 11.0. The monoisotopic (exact) mass is 940 g/mol. The van der Waals surface area contributed by atoms with Crippen LogP contribution in [-0.4, -0.2) is 62.0 Å². The van der Waals surface area contributed by atoms with Crippen molar-refractivity contribution in [3.63, 3.8) is 0 Å². The van der Waals surface area contributed by atoms with E-state index in [-0.39, 0.29) is 6.04 Å². The summed E-state index contributed by atoms with van der Waals surface area (Å²) in [5, 5.41) is 3.59. The molecule has 0 aliphatic carbocycles. The zero-order valence-electron chi connectivity index (χ0n) is 37.8. The predicted octanol–water partition coefficient (Wildman–Crippen LogP) is 11.5. The molecule has 8 rings (SSSR count). The van der Waals surface area contributed by atoms with Gasteiger partial charge in [-0.2, -0.15) is 0 Å². The summed E-state index contributed by atoms with van der Waals surface area (Å²) in [6, 6.07) is 40.3. The van der Waals surface area contributed by atoms with E-state index in [9.17, 15) is 0 Å². The molecule has 0 spiro atoms. The molecule has 0 aromatic heterocycles. The molecule has 0 saturated carbocycles. The number of hydrogen-bond donors (Lipinski definition) is 1. The van der Waals surface area contributed by atoms with E-state index in [0.29, 0.717) is 19.0 Å². The number of aliphatic imine (C=N–C) groups is 1. The third-order valence-electron chi connectivity index (χ3n) is 10.7. The molecule has 11 heteroatoms. The topological polar surface area (TPSA) is 98.2 Å². The molecule has 0 fully saturated rings. The number of methoxy groups -OCH3 is 6. The van der Waals surface area contributed by atoms with Crippen LogP contribution in [0.25, 0.3) is 12.2 Å². The average molecular weight is 942 g/mol. The summed E-state index contributed by atoms with van der Waals surface area (Å²) in [5.74, 6) is 6.00. The van der Waals surface area contributed by atoms with Gasteiger partial charge >= 0.3 is 0 Å². The first-order chi connectivity index (χ1) is 31.9. The van der Waals surface area contributed by atoms with E-state index in [2.05, 4.69) is 80.9 Å². The molecule has 6 aromatic rings. The van der Waals surface area contributed by atoms with Crippen molar-refractivity contribution in [3.05, 3.63) is 177 Å². The second-order valence-corrected chi connectivity index (χ2v) is 15.3. The Morgan fingerprint density at radius 1 is 0.538 bits per heavy atom. The highest BCUT2D eigenvalue weighted by molar-refractivity contribution is 9.11. The average Bonchev–Trinajstić information content (AvgIpc) is 3.37. The Labute approximate surface area is 391 Å². The van der Waals surface area contributed by atoms with Crippen molar-refractivity contribution < 1.29 is 37.9 Å². The van der Waals surface area contributed by atoms with Crippen LogP contribution in [0.3, 0.4) is 0 Å². The number of ether oxygens (including phenoxy) is 8. The van der Waals surface area contributed by atoms with Crippen molar-refractivity contribution in [2.75, 3.05) is 55.7 Å².